The lowest BCUT2D eigenvalue weighted by atomic mass is 9.93. The van der Waals surface area contributed by atoms with E-state index in [1.54, 1.807) is 7.11 Å². The van der Waals surface area contributed by atoms with Crippen molar-refractivity contribution in [2.24, 2.45) is 7.05 Å². The molecule has 35 heavy (non-hydrogen) atoms. The van der Waals surface area contributed by atoms with Crippen molar-refractivity contribution in [3.8, 4) is 39.3 Å². The van der Waals surface area contributed by atoms with E-state index < -0.39 is 0 Å². The molecule has 5 rings (SSSR count). The Kier molecular flexibility index (Phi) is 7.27. The van der Waals surface area contributed by atoms with Crippen molar-refractivity contribution in [2.75, 3.05) is 7.11 Å². The summed E-state index contributed by atoms with van der Waals surface area (Å²) < 4.78 is 8.15. The Labute approximate surface area is 225 Å². The fraction of sp³-hybridized carbons (Fsp3) is 0.156. The average molecular weight is 572 g/mol. The zero-order valence-corrected chi connectivity index (χ0v) is 23.1. The van der Waals surface area contributed by atoms with Crippen LogP contribution >= 0.6 is 0 Å². The predicted octanol–water partition coefficient (Wildman–Crippen LogP) is 4.60. The predicted molar refractivity (Wildman–Crippen MR) is 142 cm³/mol. The molecule has 176 valence electrons. The van der Waals surface area contributed by atoms with E-state index in [0.29, 0.717) is 0 Å². The van der Waals surface area contributed by atoms with E-state index in [4.69, 9.17) is 4.74 Å². The number of aryl methyl sites for hydroxylation is 2. The summed E-state index contributed by atoms with van der Waals surface area (Å²) in [5.74, 6) is 0.970. The largest absolute Gasteiger partial charge is 1.00 e. The first kappa shape index (κ1) is 24.9. The van der Waals surface area contributed by atoms with Gasteiger partial charge in [0.1, 0.15) is 12.8 Å². The quantitative estimate of drug-likeness (QED) is 0.227. The molecule has 0 spiro atoms. The van der Waals surface area contributed by atoms with Crippen molar-refractivity contribution in [1.82, 2.24) is 0 Å². The molecule has 0 aliphatic carbocycles. The number of aromatic nitrogens is 1. The van der Waals surface area contributed by atoms with Crippen molar-refractivity contribution >= 4 is 10.8 Å². The molecule has 0 aliphatic heterocycles. The van der Waals surface area contributed by atoms with Gasteiger partial charge in [-0.25, -0.2) is 0 Å². The molecule has 0 bridgehead atoms. The molecule has 4 aromatic carbocycles. The second kappa shape index (κ2) is 10.2. The molecule has 0 atom stereocenters. The number of ether oxygens (including phenoxy) is 1. The van der Waals surface area contributed by atoms with Crippen molar-refractivity contribution in [2.45, 2.75) is 20.8 Å². The Bertz CT molecular complexity index is 1450. The molecular formula is C32H30INO. The summed E-state index contributed by atoms with van der Waals surface area (Å²) in [5.41, 5.74) is 10.9. The van der Waals surface area contributed by atoms with E-state index in [-0.39, 0.29) is 24.0 Å². The number of methoxy groups -OCH3 is 1. The minimum absolute atomic E-state index is 0. The summed E-state index contributed by atoms with van der Waals surface area (Å²) in [6, 6.07) is 32.7. The maximum absolute atomic E-state index is 5.86. The number of nitrogens with zero attached hydrogens (tertiary/aromatic N) is 1. The molecule has 0 fully saturated rings. The van der Waals surface area contributed by atoms with Crippen LogP contribution in [-0.4, -0.2) is 7.11 Å². The van der Waals surface area contributed by atoms with E-state index >= 15 is 0 Å². The number of benzene rings is 4. The standard InChI is InChI=1S/C32H30NO.HI/c1-21-16-29-20-30(33(4)23(3)31(29)32(34-5)22(21)2)28-18-26(24-12-8-6-9-13-24)17-27(19-28)25-14-10-7-11-15-25;/h6-20H,1-5H3;1H/q+1;/p-1. The normalized spacial score (nSPS) is 10.8. The molecule has 3 heteroatoms. The highest BCUT2D eigenvalue weighted by molar-refractivity contribution is 5.94. The van der Waals surface area contributed by atoms with E-state index in [0.717, 1.165) is 5.75 Å². The molecule has 0 aliphatic rings. The maximum atomic E-state index is 5.86. The van der Waals surface area contributed by atoms with Gasteiger partial charge in [0, 0.05) is 18.6 Å². The Hall–Kier alpha value is -3.18. The second-order valence-corrected chi connectivity index (χ2v) is 9.02. The summed E-state index contributed by atoms with van der Waals surface area (Å²) in [6.07, 6.45) is 0. The van der Waals surface area contributed by atoms with Crippen LogP contribution in [0.4, 0.5) is 0 Å². The monoisotopic (exact) mass is 571 g/mol. The summed E-state index contributed by atoms with van der Waals surface area (Å²) in [5, 5.41) is 2.39. The first-order valence-corrected chi connectivity index (χ1v) is 11.7. The molecule has 1 heterocycles. The van der Waals surface area contributed by atoms with Gasteiger partial charge in [0.2, 0.25) is 5.69 Å². The third kappa shape index (κ3) is 4.57. The van der Waals surface area contributed by atoms with Gasteiger partial charge in [0.05, 0.1) is 12.5 Å². The smallest absolute Gasteiger partial charge is 0.213 e. The lowest BCUT2D eigenvalue weighted by Crippen LogP contribution is -3.00. The average Bonchev–Trinajstić information content (AvgIpc) is 2.88. The van der Waals surface area contributed by atoms with Crippen molar-refractivity contribution in [3.63, 3.8) is 0 Å². The van der Waals surface area contributed by atoms with E-state index in [1.807, 2.05) is 0 Å². The van der Waals surface area contributed by atoms with Gasteiger partial charge in [-0.3, -0.25) is 0 Å². The number of hydrogen-bond acceptors (Lipinski definition) is 1. The third-order valence-electron chi connectivity index (χ3n) is 6.99. The van der Waals surface area contributed by atoms with Gasteiger partial charge in [-0.05, 0) is 70.8 Å². The Balaban J connectivity index is 0.00000289. The zero-order valence-electron chi connectivity index (χ0n) is 20.9. The fourth-order valence-corrected chi connectivity index (χ4v) is 4.89. The highest BCUT2D eigenvalue weighted by atomic mass is 127. The highest BCUT2D eigenvalue weighted by Gasteiger charge is 2.22. The van der Waals surface area contributed by atoms with Crippen LogP contribution in [0.1, 0.15) is 16.8 Å². The van der Waals surface area contributed by atoms with Crippen LogP contribution in [0.15, 0.2) is 91.0 Å². The Morgan fingerprint density at radius 2 is 1.14 bits per heavy atom. The molecule has 0 saturated heterocycles. The van der Waals surface area contributed by atoms with Gasteiger partial charge in [-0.15, -0.1) is 0 Å². The van der Waals surface area contributed by atoms with Gasteiger partial charge in [-0.1, -0.05) is 66.7 Å². The third-order valence-corrected chi connectivity index (χ3v) is 6.99. The van der Waals surface area contributed by atoms with Crippen LogP contribution in [0.5, 0.6) is 5.75 Å². The second-order valence-electron chi connectivity index (χ2n) is 9.02. The number of pyridine rings is 1. The van der Waals surface area contributed by atoms with Crippen LogP contribution in [0.3, 0.4) is 0 Å². The first-order chi connectivity index (χ1) is 16.5. The Morgan fingerprint density at radius 1 is 0.629 bits per heavy atom. The fourth-order valence-electron chi connectivity index (χ4n) is 4.89. The molecule has 2 nitrogen and oxygen atoms in total. The molecule has 0 amide bonds. The lowest BCUT2D eigenvalue weighted by molar-refractivity contribution is -0.665. The van der Waals surface area contributed by atoms with Gasteiger partial charge in [-0.2, -0.15) is 4.57 Å². The summed E-state index contributed by atoms with van der Waals surface area (Å²) in [4.78, 5) is 0. The molecular weight excluding hydrogens is 541 g/mol. The zero-order chi connectivity index (χ0) is 23.8. The van der Waals surface area contributed by atoms with Crippen LogP contribution in [0.2, 0.25) is 0 Å². The molecule has 0 N–H and O–H groups in total. The van der Waals surface area contributed by atoms with Crippen LogP contribution in [0.25, 0.3) is 44.3 Å². The SMILES string of the molecule is COc1c(C)c(C)cc2cc(-c3cc(-c4ccccc4)cc(-c4ccccc4)c3)[n+](C)c(C)c12.[I-]. The number of fused-ring (bicyclic) bond motifs is 1. The van der Waals surface area contributed by atoms with Gasteiger partial charge in [0.25, 0.3) is 0 Å². The molecule has 5 aromatic rings. The van der Waals surface area contributed by atoms with Crippen molar-refractivity contribution in [3.05, 3.63) is 108 Å². The molecule has 1 aromatic heterocycles. The van der Waals surface area contributed by atoms with Crippen LogP contribution in [0, 0.1) is 20.8 Å². The first-order valence-electron chi connectivity index (χ1n) is 11.7. The highest BCUT2D eigenvalue weighted by Crippen LogP contribution is 2.37. The number of rotatable bonds is 4. The van der Waals surface area contributed by atoms with Gasteiger partial charge in [0.15, 0.2) is 5.69 Å². The van der Waals surface area contributed by atoms with Gasteiger partial charge < -0.3 is 28.7 Å². The number of hydrogen-bond donors (Lipinski definition) is 0. The summed E-state index contributed by atoms with van der Waals surface area (Å²) in [6.45, 7) is 6.47. The van der Waals surface area contributed by atoms with Crippen molar-refractivity contribution in [1.29, 1.82) is 0 Å². The number of halogens is 1. The molecule has 0 unspecified atom stereocenters. The van der Waals surface area contributed by atoms with Crippen LogP contribution < -0.4 is 33.3 Å². The lowest BCUT2D eigenvalue weighted by Gasteiger charge is -2.15. The van der Waals surface area contributed by atoms with Crippen molar-refractivity contribution < 1.29 is 33.3 Å². The topological polar surface area (TPSA) is 13.1 Å². The summed E-state index contributed by atoms with van der Waals surface area (Å²) in [7, 11) is 3.92. The van der Waals surface area contributed by atoms with E-state index in [9.17, 15) is 0 Å². The Morgan fingerprint density at radius 3 is 1.66 bits per heavy atom. The molecule has 0 radical (unpaired) electrons. The minimum Gasteiger partial charge on any atom is -1.00 e. The minimum atomic E-state index is 0. The summed E-state index contributed by atoms with van der Waals surface area (Å²) >= 11 is 0. The van der Waals surface area contributed by atoms with Crippen LogP contribution in [-0.2, 0) is 7.05 Å². The maximum Gasteiger partial charge on any atom is 0.213 e. The van der Waals surface area contributed by atoms with E-state index in [1.165, 1.54) is 61.1 Å². The van der Waals surface area contributed by atoms with Gasteiger partial charge >= 0.3 is 0 Å². The van der Waals surface area contributed by atoms with E-state index in [2.05, 4.69) is 123 Å². The molecule has 0 saturated carbocycles.